The van der Waals surface area contributed by atoms with Crippen molar-refractivity contribution in [1.29, 1.82) is 0 Å². The van der Waals surface area contributed by atoms with Gasteiger partial charge in [-0.3, -0.25) is 9.69 Å². The number of benzene rings is 2. The summed E-state index contributed by atoms with van der Waals surface area (Å²) in [5.74, 6) is -0.262. The Hall–Kier alpha value is -2.44. The van der Waals surface area contributed by atoms with Crippen LogP contribution in [0.1, 0.15) is 29.8 Å². The summed E-state index contributed by atoms with van der Waals surface area (Å²) >= 11 is 0. The van der Waals surface area contributed by atoms with Gasteiger partial charge in [-0.1, -0.05) is 12.1 Å². The lowest BCUT2D eigenvalue weighted by Gasteiger charge is -2.38. The minimum atomic E-state index is -0.264. The maximum absolute atomic E-state index is 13.3. The van der Waals surface area contributed by atoms with E-state index in [1.54, 1.807) is 12.1 Å². The van der Waals surface area contributed by atoms with Crippen LogP contribution in [0.3, 0.4) is 0 Å². The Balaban J connectivity index is 1.68. The number of carbonyl (C=O) groups excluding carboxylic acids is 1. The maximum atomic E-state index is 13.3. The highest BCUT2D eigenvalue weighted by atomic mass is 19.1. The predicted octanol–water partition coefficient (Wildman–Crippen LogP) is 3.56. The lowest BCUT2D eigenvalue weighted by atomic mass is 10.1. The molecule has 1 amide bonds. The summed E-state index contributed by atoms with van der Waals surface area (Å²) in [6.07, 6.45) is 0. The summed E-state index contributed by atoms with van der Waals surface area (Å²) in [4.78, 5) is 22.0. The maximum Gasteiger partial charge on any atom is 0.254 e. The van der Waals surface area contributed by atoms with Crippen LogP contribution in [0.4, 0.5) is 10.1 Å². The summed E-state index contributed by atoms with van der Waals surface area (Å²) < 4.78 is 13.3. The Morgan fingerprint density at radius 2 is 1.55 bits per heavy atom. The van der Waals surface area contributed by atoms with Gasteiger partial charge < -0.3 is 14.7 Å². The van der Waals surface area contributed by atoms with Crippen molar-refractivity contribution in [2.75, 3.05) is 58.3 Å². The first-order valence-electron chi connectivity index (χ1n) is 11.1. The number of amides is 1. The van der Waals surface area contributed by atoms with E-state index >= 15 is 0 Å². The minimum absolute atomic E-state index is 0.00218. The van der Waals surface area contributed by atoms with Crippen LogP contribution in [0.25, 0.3) is 0 Å². The molecule has 0 saturated carbocycles. The van der Waals surface area contributed by atoms with Crippen LogP contribution in [0.15, 0.2) is 48.5 Å². The van der Waals surface area contributed by atoms with Crippen LogP contribution in [0, 0.1) is 5.82 Å². The van der Waals surface area contributed by atoms with Gasteiger partial charge in [0.15, 0.2) is 0 Å². The molecule has 1 aliphatic rings. The van der Waals surface area contributed by atoms with E-state index in [0.717, 1.165) is 38.3 Å². The highest BCUT2D eigenvalue weighted by Crippen LogP contribution is 2.20. The van der Waals surface area contributed by atoms with E-state index in [0.29, 0.717) is 24.7 Å². The normalized spacial score (nSPS) is 15.0. The molecule has 6 heteroatoms. The highest BCUT2D eigenvalue weighted by Gasteiger charge is 2.20. The van der Waals surface area contributed by atoms with Crippen molar-refractivity contribution in [2.24, 2.45) is 0 Å². The molecule has 1 saturated heterocycles. The fourth-order valence-electron chi connectivity index (χ4n) is 3.88. The predicted molar refractivity (Wildman–Crippen MR) is 125 cm³/mol. The van der Waals surface area contributed by atoms with Gasteiger partial charge >= 0.3 is 0 Å². The topological polar surface area (TPSA) is 30.0 Å². The third-order valence-corrected chi connectivity index (χ3v) is 5.91. The molecule has 0 atom stereocenters. The first-order chi connectivity index (χ1) is 14.8. The molecule has 0 radical (unpaired) electrons. The molecule has 0 aliphatic carbocycles. The van der Waals surface area contributed by atoms with Gasteiger partial charge in [-0.15, -0.1) is 0 Å². The molecule has 0 aromatic heterocycles. The summed E-state index contributed by atoms with van der Waals surface area (Å²) in [6.45, 7) is 10.5. The van der Waals surface area contributed by atoms with Gasteiger partial charge in [-0.05, 0) is 69.9 Å². The van der Waals surface area contributed by atoms with Crippen molar-refractivity contribution in [3.8, 4) is 0 Å². The summed E-state index contributed by atoms with van der Waals surface area (Å²) in [6, 6.07) is 14.9. The third kappa shape index (κ3) is 6.52. The second-order valence-corrected chi connectivity index (χ2v) is 8.82. The summed E-state index contributed by atoms with van der Waals surface area (Å²) in [5.41, 5.74) is 2.77. The quantitative estimate of drug-likeness (QED) is 0.646. The number of nitrogens with zero attached hydrogens (tertiary/aromatic N) is 4. The third-order valence-electron chi connectivity index (χ3n) is 5.91. The molecule has 2 aromatic carbocycles. The van der Waals surface area contributed by atoms with Crippen LogP contribution in [-0.2, 0) is 6.54 Å². The van der Waals surface area contributed by atoms with Gasteiger partial charge in [0.2, 0.25) is 0 Å². The number of anilines is 1. The Morgan fingerprint density at radius 3 is 2.10 bits per heavy atom. The standard InChI is InChI=1S/C25H35FN4O/c1-20(2)28-15-17-29(18-16-28)24-11-7-22(8-12-24)25(31)30(14-13-27(3)4)19-21-5-9-23(26)10-6-21/h5-12,20H,13-19H2,1-4H3. The van der Waals surface area contributed by atoms with Crippen LogP contribution >= 0.6 is 0 Å². The molecule has 3 rings (SSSR count). The Labute approximate surface area is 186 Å². The molecule has 0 spiro atoms. The zero-order chi connectivity index (χ0) is 22.4. The van der Waals surface area contributed by atoms with E-state index in [1.165, 1.54) is 17.8 Å². The number of hydrogen-bond acceptors (Lipinski definition) is 4. The fourth-order valence-corrected chi connectivity index (χ4v) is 3.88. The van der Waals surface area contributed by atoms with Gasteiger partial charge in [0.25, 0.3) is 5.91 Å². The number of piperazine rings is 1. The average molecular weight is 427 g/mol. The second kappa shape index (κ2) is 10.7. The molecule has 5 nitrogen and oxygen atoms in total. The Bertz CT molecular complexity index is 828. The molecular weight excluding hydrogens is 391 g/mol. The van der Waals surface area contributed by atoms with Crippen LogP contribution < -0.4 is 4.90 Å². The summed E-state index contributed by atoms with van der Waals surface area (Å²) in [7, 11) is 3.99. The monoisotopic (exact) mass is 426 g/mol. The van der Waals surface area contributed by atoms with E-state index < -0.39 is 0 Å². The smallest absolute Gasteiger partial charge is 0.254 e. The van der Waals surface area contributed by atoms with Crippen molar-refractivity contribution < 1.29 is 9.18 Å². The Kier molecular flexibility index (Phi) is 8.04. The molecule has 0 bridgehead atoms. The van der Waals surface area contributed by atoms with Crippen LogP contribution in [0.5, 0.6) is 0 Å². The van der Waals surface area contributed by atoms with Crippen LogP contribution in [-0.4, -0.2) is 80.0 Å². The number of hydrogen-bond donors (Lipinski definition) is 0. The van der Waals surface area contributed by atoms with Crippen molar-refractivity contribution in [1.82, 2.24) is 14.7 Å². The summed E-state index contributed by atoms with van der Waals surface area (Å²) in [5, 5.41) is 0. The number of halogens is 1. The van der Waals surface area contributed by atoms with E-state index in [1.807, 2.05) is 31.1 Å². The van der Waals surface area contributed by atoms with Crippen molar-refractivity contribution >= 4 is 11.6 Å². The number of carbonyl (C=O) groups is 1. The molecule has 1 fully saturated rings. The lowest BCUT2D eigenvalue weighted by molar-refractivity contribution is 0.0732. The van der Waals surface area contributed by atoms with Gasteiger partial charge in [0, 0.05) is 63.1 Å². The van der Waals surface area contributed by atoms with Gasteiger partial charge in [-0.2, -0.15) is 0 Å². The first kappa shape index (κ1) is 23.2. The molecular formula is C25H35FN4O. The fraction of sp³-hybridized carbons (Fsp3) is 0.480. The van der Waals surface area contributed by atoms with E-state index in [-0.39, 0.29) is 11.7 Å². The average Bonchev–Trinajstić information content (AvgIpc) is 2.77. The minimum Gasteiger partial charge on any atom is -0.369 e. The van der Waals surface area contributed by atoms with Crippen molar-refractivity contribution in [2.45, 2.75) is 26.4 Å². The molecule has 168 valence electrons. The Morgan fingerprint density at radius 1 is 0.935 bits per heavy atom. The molecule has 31 heavy (non-hydrogen) atoms. The molecule has 0 N–H and O–H groups in total. The van der Waals surface area contributed by atoms with Gasteiger partial charge in [0.05, 0.1) is 0 Å². The SMILES string of the molecule is CC(C)N1CCN(c2ccc(C(=O)N(CCN(C)C)Cc3ccc(F)cc3)cc2)CC1. The highest BCUT2D eigenvalue weighted by molar-refractivity contribution is 5.94. The number of rotatable bonds is 8. The number of likely N-dealkylation sites (N-methyl/N-ethyl adjacent to an activating group) is 1. The van der Waals surface area contributed by atoms with Gasteiger partial charge in [-0.25, -0.2) is 4.39 Å². The van der Waals surface area contributed by atoms with E-state index in [4.69, 9.17) is 0 Å². The van der Waals surface area contributed by atoms with Crippen molar-refractivity contribution in [3.05, 3.63) is 65.5 Å². The molecule has 1 aliphatic heterocycles. The lowest BCUT2D eigenvalue weighted by Crippen LogP contribution is -2.48. The largest absolute Gasteiger partial charge is 0.369 e. The van der Waals surface area contributed by atoms with E-state index in [2.05, 4.69) is 40.7 Å². The molecule has 1 heterocycles. The second-order valence-electron chi connectivity index (χ2n) is 8.82. The van der Waals surface area contributed by atoms with Crippen LogP contribution in [0.2, 0.25) is 0 Å². The first-order valence-corrected chi connectivity index (χ1v) is 11.1. The van der Waals surface area contributed by atoms with E-state index in [9.17, 15) is 9.18 Å². The zero-order valence-electron chi connectivity index (χ0n) is 19.2. The van der Waals surface area contributed by atoms with Gasteiger partial charge in [0.1, 0.15) is 5.82 Å². The zero-order valence-corrected chi connectivity index (χ0v) is 19.2. The van der Waals surface area contributed by atoms with Crippen molar-refractivity contribution in [3.63, 3.8) is 0 Å². The molecule has 0 unspecified atom stereocenters. The molecule has 2 aromatic rings.